The Morgan fingerprint density at radius 1 is 1.19 bits per heavy atom. The molecule has 1 amide bonds. The fourth-order valence-electron chi connectivity index (χ4n) is 2.50. The van der Waals surface area contributed by atoms with Gasteiger partial charge in [0, 0.05) is 11.1 Å². The van der Waals surface area contributed by atoms with Crippen molar-refractivity contribution in [2.45, 2.75) is 20.0 Å². The number of halogens is 2. The number of fused-ring (bicyclic) bond motifs is 1. The number of pyridine rings is 1. The van der Waals surface area contributed by atoms with Crippen LogP contribution in [0.15, 0.2) is 48.5 Å². The molecule has 0 fully saturated rings. The molecule has 5 nitrogen and oxygen atoms in total. The number of hydrogen-bond acceptors (Lipinski definition) is 4. The average Bonchev–Trinajstić information content (AvgIpc) is 2.63. The van der Waals surface area contributed by atoms with Gasteiger partial charge in [-0.1, -0.05) is 35.9 Å². The number of aryl methyl sites for hydroxylation is 1. The monoisotopic (exact) mass is 386 g/mol. The fraction of sp³-hybridized carbons (Fsp3) is 0.150. The van der Waals surface area contributed by atoms with Crippen molar-refractivity contribution in [1.82, 2.24) is 4.98 Å². The molecule has 3 aromatic rings. The molecule has 0 saturated carbocycles. The minimum absolute atomic E-state index is 0.146. The van der Waals surface area contributed by atoms with Crippen LogP contribution in [0.2, 0.25) is 5.15 Å². The molecule has 0 bridgehead atoms. The molecule has 3 rings (SSSR count). The van der Waals surface area contributed by atoms with E-state index in [4.69, 9.17) is 16.3 Å². The van der Waals surface area contributed by atoms with E-state index in [0.29, 0.717) is 16.5 Å². The zero-order valence-corrected chi connectivity index (χ0v) is 15.4. The third kappa shape index (κ3) is 4.23. The summed E-state index contributed by atoms with van der Waals surface area (Å²) < 4.78 is 18.8. The zero-order valence-electron chi connectivity index (χ0n) is 14.6. The van der Waals surface area contributed by atoms with Crippen molar-refractivity contribution < 1.29 is 18.7 Å². The third-order valence-electron chi connectivity index (χ3n) is 4.00. The summed E-state index contributed by atoms with van der Waals surface area (Å²) in [7, 11) is 0. The Morgan fingerprint density at radius 2 is 1.93 bits per heavy atom. The Morgan fingerprint density at radius 3 is 2.67 bits per heavy atom. The Bertz CT molecular complexity index is 1040. The highest BCUT2D eigenvalue weighted by atomic mass is 35.5. The van der Waals surface area contributed by atoms with Crippen LogP contribution in [0, 0.1) is 12.7 Å². The molecule has 0 saturated heterocycles. The second-order valence-corrected chi connectivity index (χ2v) is 6.40. The summed E-state index contributed by atoms with van der Waals surface area (Å²) in [6.07, 6.45) is -1.09. The van der Waals surface area contributed by atoms with Crippen LogP contribution >= 0.6 is 11.6 Å². The molecular weight excluding hydrogens is 371 g/mol. The van der Waals surface area contributed by atoms with Gasteiger partial charge in [0.25, 0.3) is 5.91 Å². The van der Waals surface area contributed by atoms with Crippen LogP contribution in [-0.2, 0) is 9.53 Å². The van der Waals surface area contributed by atoms with Gasteiger partial charge in [-0.05, 0) is 43.7 Å². The fourth-order valence-corrected chi connectivity index (χ4v) is 2.70. The molecule has 138 valence electrons. The highest BCUT2D eigenvalue weighted by Crippen LogP contribution is 2.22. The van der Waals surface area contributed by atoms with Crippen LogP contribution < -0.4 is 5.32 Å². The standard InChI is InChI=1S/C20H16ClFN2O3/c1-11-7-8-13(9-16(11)22)23-19(25)12(2)27-20(26)15-10-18(21)24-17-6-4-3-5-14(15)17/h3-10,12H,1-2H3,(H,23,25)/t12-/m1/s1. The molecule has 27 heavy (non-hydrogen) atoms. The van der Waals surface area contributed by atoms with Crippen LogP contribution in [0.3, 0.4) is 0 Å². The maximum Gasteiger partial charge on any atom is 0.339 e. The van der Waals surface area contributed by atoms with Crippen molar-refractivity contribution in [3.8, 4) is 0 Å². The number of benzene rings is 2. The van der Waals surface area contributed by atoms with Gasteiger partial charge in [-0.2, -0.15) is 0 Å². The largest absolute Gasteiger partial charge is 0.449 e. The first kappa shape index (κ1) is 18.8. The van der Waals surface area contributed by atoms with Crippen LogP contribution in [-0.4, -0.2) is 23.0 Å². The van der Waals surface area contributed by atoms with Gasteiger partial charge < -0.3 is 10.1 Å². The number of esters is 1. The number of carbonyl (C=O) groups excluding carboxylic acids is 2. The first-order valence-corrected chi connectivity index (χ1v) is 8.56. The second-order valence-electron chi connectivity index (χ2n) is 6.01. The van der Waals surface area contributed by atoms with Gasteiger partial charge in [-0.3, -0.25) is 4.79 Å². The molecule has 0 unspecified atom stereocenters. The van der Waals surface area contributed by atoms with Crippen molar-refractivity contribution in [2.24, 2.45) is 0 Å². The lowest BCUT2D eigenvalue weighted by atomic mass is 10.1. The number of hydrogen-bond donors (Lipinski definition) is 1. The van der Waals surface area contributed by atoms with Gasteiger partial charge in [0.15, 0.2) is 6.10 Å². The zero-order chi connectivity index (χ0) is 19.6. The SMILES string of the molecule is Cc1ccc(NC(=O)[C@@H](C)OC(=O)c2cc(Cl)nc3ccccc23)cc1F. The van der Waals surface area contributed by atoms with Gasteiger partial charge in [0.2, 0.25) is 0 Å². The summed E-state index contributed by atoms with van der Waals surface area (Å²) in [4.78, 5) is 28.9. The normalized spacial score (nSPS) is 11.9. The van der Waals surface area contributed by atoms with Crippen molar-refractivity contribution >= 4 is 40.1 Å². The van der Waals surface area contributed by atoms with E-state index in [2.05, 4.69) is 10.3 Å². The molecule has 2 aromatic carbocycles. The highest BCUT2D eigenvalue weighted by molar-refractivity contribution is 6.30. The van der Waals surface area contributed by atoms with Crippen LogP contribution in [0.5, 0.6) is 0 Å². The summed E-state index contributed by atoms with van der Waals surface area (Å²) in [6, 6.07) is 12.7. The number of nitrogens with one attached hydrogen (secondary N) is 1. The number of anilines is 1. The summed E-state index contributed by atoms with van der Waals surface area (Å²) in [5, 5.41) is 3.24. The molecule has 1 atom stereocenters. The summed E-state index contributed by atoms with van der Waals surface area (Å²) in [5.74, 6) is -1.71. The lowest BCUT2D eigenvalue weighted by Gasteiger charge is -2.15. The van der Waals surface area contributed by atoms with Crippen LogP contribution in [0.1, 0.15) is 22.8 Å². The number of rotatable bonds is 4. The van der Waals surface area contributed by atoms with Gasteiger partial charge in [0.05, 0.1) is 11.1 Å². The lowest BCUT2D eigenvalue weighted by molar-refractivity contribution is -0.123. The molecule has 1 N–H and O–H groups in total. The Balaban J connectivity index is 1.75. The van der Waals surface area contributed by atoms with Crippen molar-refractivity contribution in [1.29, 1.82) is 0 Å². The molecule has 0 spiro atoms. The minimum Gasteiger partial charge on any atom is -0.449 e. The predicted octanol–water partition coefficient (Wildman–Crippen LogP) is 4.52. The summed E-state index contributed by atoms with van der Waals surface area (Å²) >= 11 is 5.97. The number of ether oxygens (including phenoxy) is 1. The van der Waals surface area contributed by atoms with E-state index in [1.807, 2.05) is 0 Å². The maximum absolute atomic E-state index is 13.6. The van der Waals surface area contributed by atoms with Crippen LogP contribution in [0.25, 0.3) is 10.9 Å². The molecule has 1 aromatic heterocycles. The highest BCUT2D eigenvalue weighted by Gasteiger charge is 2.21. The van der Waals surface area contributed by atoms with E-state index >= 15 is 0 Å². The van der Waals surface area contributed by atoms with E-state index < -0.39 is 23.8 Å². The topological polar surface area (TPSA) is 68.3 Å². The minimum atomic E-state index is -1.09. The first-order valence-electron chi connectivity index (χ1n) is 8.18. The Hall–Kier alpha value is -2.99. The van der Waals surface area contributed by atoms with Gasteiger partial charge in [-0.15, -0.1) is 0 Å². The molecular formula is C20H16ClFN2O3. The molecule has 0 aliphatic carbocycles. The first-order chi connectivity index (χ1) is 12.8. The van der Waals surface area contributed by atoms with E-state index in [-0.39, 0.29) is 16.4 Å². The maximum atomic E-state index is 13.6. The molecule has 0 radical (unpaired) electrons. The Kier molecular flexibility index (Phi) is 5.37. The van der Waals surface area contributed by atoms with E-state index in [1.165, 1.54) is 19.1 Å². The van der Waals surface area contributed by atoms with Gasteiger partial charge in [0.1, 0.15) is 11.0 Å². The average molecular weight is 387 g/mol. The molecule has 0 aliphatic heterocycles. The number of aromatic nitrogens is 1. The number of para-hydroxylation sites is 1. The van der Waals surface area contributed by atoms with Crippen molar-refractivity contribution in [3.63, 3.8) is 0 Å². The number of amides is 1. The summed E-state index contributed by atoms with van der Waals surface area (Å²) in [6.45, 7) is 3.05. The predicted molar refractivity (Wildman–Crippen MR) is 101 cm³/mol. The van der Waals surface area contributed by atoms with Gasteiger partial charge in [-0.25, -0.2) is 14.2 Å². The second kappa shape index (κ2) is 7.72. The van der Waals surface area contributed by atoms with E-state index in [9.17, 15) is 14.0 Å². The van der Waals surface area contributed by atoms with E-state index in [0.717, 1.165) is 0 Å². The van der Waals surface area contributed by atoms with Gasteiger partial charge >= 0.3 is 5.97 Å². The Labute approximate surface area is 160 Å². The molecule has 7 heteroatoms. The van der Waals surface area contributed by atoms with Crippen molar-refractivity contribution in [2.75, 3.05) is 5.32 Å². The molecule has 0 aliphatic rings. The number of carbonyl (C=O) groups is 2. The summed E-state index contributed by atoms with van der Waals surface area (Å²) in [5.41, 5.74) is 1.51. The lowest BCUT2D eigenvalue weighted by Crippen LogP contribution is -2.30. The smallest absolute Gasteiger partial charge is 0.339 e. The quantitative estimate of drug-likeness (QED) is 0.528. The van der Waals surface area contributed by atoms with E-state index in [1.54, 1.807) is 43.3 Å². The third-order valence-corrected chi connectivity index (χ3v) is 4.19. The molecule has 1 heterocycles. The van der Waals surface area contributed by atoms with Crippen molar-refractivity contribution in [3.05, 3.63) is 70.6 Å². The van der Waals surface area contributed by atoms with Crippen LogP contribution in [0.4, 0.5) is 10.1 Å². The number of nitrogens with zero attached hydrogens (tertiary/aromatic N) is 1.